The molecular weight excluding hydrogens is 292 g/mol. The molecule has 0 bridgehead atoms. The highest BCUT2D eigenvalue weighted by atomic mass is 32.2. The van der Waals surface area contributed by atoms with Crippen molar-refractivity contribution >= 4 is 16.2 Å². The molecule has 0 spiro atoms. The summed E-state index contributed by atoms with van der Waals surface area (Å²) < 4.78 is 28.6. The van der Waals surface area contributed by atoms with Crippen LogP contribution in [0.4, 0.5) is 0 Å². The molecule has 6 nitrogen and oxygen atoms in total. The van der Waals surface area contributed by atoms with Crippen LogP contribution in [-0.2, 0) is 23.2 Å². The van der Waals surface area contributed by atoms with Crippen LogP contribution in [0.25, 0.3) is 0 Å². The highest BCUT2D eigenvalue weighted by Crippen LogP contribution is 2.24. The van der Waals surface area contributed by atoms with Crippen LogP contribution in [0.1, 0.15) is 42.3 Å². The highest BCUT2D eigenvalue weighted by Gasteiger charge is 2.31. The second-order valence-corrected chi connectivity index (χ2v) is 7.86. The Balaban J connectivity index is 2.28. The van der Waals surface area contributed by atoms with Gasteiger partial charge in [0.25, 0.3) is 10.2 Å². The summed E-state index contributed by atoms with van der Waals surface area (Å²) in [5.41, 5.74) is 1.18. The summed E-state index contributed by atoms with van der Waals surface area (Å²) in [6.45, 7) is 5.82. The van der Waals surface area contributed by atoms with Crippen molar-refractivity contribution in [2.75, 3.05) is 6.54 Å². The van der Waals surface area contributed by atoms with Crippen LogP contribution in [0.2, 0.25) is 0 Å². The molecule has 1 aliphatic rings. The molecule has 116 valence electrons. The Bertz CT molecular complexity index is 662. The zero-order valence-electron chi connectivity index (χ0n) is 12.4. The first-order chi connectivity index (χ1) is 9.60. The first-order valence-electron chi connectivity index (χ1n) is 6.73. The van der Waals surface area contributed by atoms with Crippen molar-refractivity contribution in [2.45, 2.75) is 39.3 Å². The van der Waals surface area contributed by atoms with Crippen LogP contribution in [0.3, 0.4) is 0 Å². The third-order valence-electron chi connectivity index (χ3n) is 3.24. The van der Waals surface area contributed by atoms with Gasteiger partial charge in [-0.15, -0.1) is 0 Å². The first-order valence-corrected chi connectivity index (χ1v) is 8.17. The van der Waals surface area contributed by atoms with Gasteiger partial charge in [-0.3, -0.25) is 0 Å². The molecule has 0 amide bonds. The van der Waals surface area contributed by atoms with Crippen LogP contribution in [0, 0.1) is 0 Å². The number of carboxylic acid groups (broad SMARTS) is 1. The molecule has 1 aromatic rings. The average molecular weight is 312 g/mol. The number of nitrogens with zero attached hydrogens (tertiary/aromatic N) is 1. The fourth-order valence-electron chi connectivity index (χ4n) is 2.44. The molecule has 0 unspecified atom stereocenters. The molecule has 0 saturated carbocycles. The van der Waals surface area contributed by atoms with E-state index in [2.05, 4.69) is 4.72 Å². The normalized spacial score (nSPS) is 16.5. The Morgan fingerprint density at radius 2 is 2.00 bits per heavy atom. The van der Waals surface area contributed by atoms with Gasteiger partial charge < -0.3 is 5.11 Å². The predicted octanol–water partition coefficient (Wildman–Crippen LogP) is 1.38. The Kier molecular flexibility index (Phi) is 4.10. The van der Waals surface area contributed by atoms with Gasteiger partial charge in [-0.05, 0) is 44.4 Å². The molecule has 0 saturated heterocycles. The summed E-state index contributed by atoms with van der Waals surface area (Å²) in [5.74, 6) is -0.976. The summed E-state index contributed by atoms with van der Waals surface area (Å²) in [6, 6.07) is 4.98. The smallest absolute Gasteiger partial charge is 0.335 e. The van der Waals surface area contributed by atoms with Crippen molar-refractivity contribution in [3.63, 3.8) is 0 Å². The number of nitrogens with one attached hydrogen (secondary N) is 1. The maximum absolute atomic E-state index is 12.3. The van der Waals surface area contributed by atoms with Gasteiger partial charge in [-0.25, -0.2) is 4.79 Å². The summed E-state index contributed by atoms with van der Waals surface area (Å²) in [4.78, 5) is 11.2. The largest absolute Gasteiger partial charge is 0.478 e. The lowest BCUT2D eigenvalue weighted by Crippen LogP contribution is -2.50. The molecule has 0 atom stereocenters. The molecule has 21 heavy (non-hydrogen) atoms. The second kappa shape index (κ2) is 5.40. The Morgan fingerprint density at radius 1 is 1.33 bits per heavy atom. The molecule has 1 heterocycles. The number of fused-ring (bicyclic) bond motifs is 1. The fraction of sp³-hybridized carbons (Fsp3) is 0.500. The van der Waals surface area contributed by atoms with Crippen LogP contribution in [-0.4, -0.2) is 35.9 Å². The van der Waals surface area contributed by atoms with E-state index in [1.54, 1.807) is 39.0 Å². The molecular formula is C14H20N2O4S. The lowest BCUT2D eigenvalue weighted by Gasteiger charge is -2.31. The van der Waals surface area contributed by atoms with E-state index >= 15 is 0 Å². The highest BCUT2D eigenvalue weighted by molar-refractivity contribution is 7.87. The molecule has 2 rings (SSSR count). The number of carboxylic acids is 1. The summed E-state index contributed by atoms with van der Waals surface area (Å²) in [6.07, 6.45) is 0.406. The Morgan fingerprint density at radius 3 is 2.57 bits per heavy atom. The van der Waals surface area contributed by atoms with E-state index < -0.39 is 21.7 Å². The van der Waals surface area contributed by atoms with Gasteiger partial charge in [0, 0.05) is 18.6 Å². The second-order valence-electron chi connectivity index (χ2n) is 6.19. The van der Waals surface area contributed by atoms with Crippen molar-refractivity contribution in [3.05, 3.63) is 34.9 Å². The first kappa shape index (κ1) is 15.9. The van der Waals surface area contributed by atoms with Crippen LogP contribution in [0.15, 0.2) is 18.2 Å². The van der Waals surface area contributed by atoms with Gasteiger partial charge in [-0.2, -0.15) is 17.4 Å². The van der Waals surface area contributed by atoms with Crippen molar-refractivity contribution in [1.82, 2.24) is 9.03 Å². The standard InChI is InChI=1S/C14H20N2O4S/c1-14(2,3)15-21(19,20)16-8-7-11-10(9-16)5-4-6-12(11)13(17)18/h4-6,15H,7-9H2,1-3H3,(H,17,18). The molecule has 0 radical (unpaired) electrons. The summed E-state index contributed by atoms with van der Waals surface area (Å²) in [5, 5.41) is 9.18. The monoisotopic (exact) mass is 312 g/mol. The van der Waals surface area contributed by atoms with E-state index in [-0.39, 0.29) is 18.7 Å². The van der Waals surface area contributed by atoms with Crippen molar-refractivity contribution in [1.29, 1.82) is 0 Å². The minimum absolute atomic E-state index is 0.196. The molecule has 0 fully saturated rings. The Labute approximate surface area is 125 Å². The van der Waals surface area contributed by atoms with Gasteiger partial charge >= 0.3 is 5.97 Å². The lowest BCUT2D eigenvalue weighted by atomic mass is 9.95. The molecule has 1 aromatic carbocycles. The fourth-order valence-corrected chi connectivity index (χ4v) is 3.98. The van der Waals surface area contributed by atoms with Gasteiger partial charge in [0.2, 0.25) is 0 Å². The van der Waals surface area contributed by atoms with E-state index in [4.69, 9.17) is 0 Å². The van der Waals surface area contributed by atoms with Gasteiger partial charge in [0.15, 0.2) is 0 Å². The number of carbonyl (C=O) groups is 1. The minimum Gasteiger partial charge on any atom is -0.478 e. The molecule has 1 aliphatic heterocycles. The number of hydrogen-bond donors (Lipinski definition) is 2. The van der Waals surface area contributed by atoms with Crippen LogP contribution < -0.4 is 4.72 Å². The average Bonchev–Trinajstić information content (AvgIpc) is 2.34. The Hall–Kier alpha value is -1.44. The molecule has 7 heteroatoms. The van der Waals surface area contributed by atoms with Crippen molar-refractivity contribution < 1.29 is 18.3 Å². The van der Waals surface area contributed by atoms with Gasteiger partial charge in [0.05, 0.1) is 5.56 Å². The predicted molar refractivity (Wildman–Crippen MR) is 79.3 cm³/mol. The van der Waals surface area contributed by atoms with E-state index in [1.165, 1.54) is 4.31 Å². The maximum atomic E-state index is 12.3. The van der Waals surface area contributed by atoms with Crippen LogP contribution in [0.5, 0.6) is 0 Å². The van der Waals surface area contributed by atoms with E-state index in [0.29, 0.717) is 6.42 Å². The number of rotatable bonds is 3. The topological polar surface area (TPSA) is 86.7 Å². The SMILES string of the molecule is CC(C)(C)NS(=O)(=O)N1CCc2c(cccc2C(=O)O)C1. The summed E-state index contributed by atoms with van der Waals surface area (Å²) >= 11 is 0. The number of aromatic carboxylic acids is 1. The van der Waals surface area contributed by atoms with E-state index in [9.17, 15) is 18.3 Å². The zero-order chi connectivity index (χ0) is 15.8. The van der Waals surface area contributed by atoms with Gasteiger partial charge in [-0.1, -0.05) is 12.1 Å². The van der Waals surface area contributed by atoms with E-state index in [0.717, 1.165) is 11.1 Å². The number of benzene rings is 1. The maximum Gasteiger partial charge on any atom is 0.335 e. The molecule has 0 aliphatic carbocycles. The third kappa shape index (κ3) is 3.61. The van der Waals surface area contributed by atoms with Crippen molar-refractivity contribution in [3.8, 4) is 0 Å². The quantitative estimate of drug-likeness (QED) is 0.882. The lowest BCUT2D eigenvalue weighted by molar-refractivity contribution is 0.0695. The van der Waals surface area contributed by atoms with Gasteiger partial charge in [0.1, 0.15) is 0 Å². The zero-order valence-corrected chi connectivity index (χ0v) is 13.2. The van der Waals surface area contributed by atoms with Crippen LogP contribution >= 0.6 is 0 Å². The van der Waals surface area contributed by atoms with Crippen molar-refractivity contribution in [2.24, 2.45) is 0 Å². The minimum atomic E-state index is -3.58. The molecule has 2 N–H and O–H groups in total. The third-order valence-corrected chi connectivity index (χ3v) is 5.10. The number of hydrogen-bond acceptors (Lipinski definition) is 3. The summed E-state index contributed by atoms with van der Waals surface area (Å²) in [7, 11) is -3.58. The van der Waals surface area contributed by atoms with E-state index in [1.807, 2.05) is 0 Å². The molecule has 0 aromatic heterocycles.